The quantitative estimate of drug-likeness (QED) is 0.580. The van der Waals surface area contributed by atoms with Gasteiger partial charge < -0.3 is 9.73 Å². The number of nitrogens with zero attached hydrogens (tertiary/aromatic N) is 3. The molecule has 0 saturated heterocycles. The summed E-state index contributed by atoms with van der Waals surface area (Å²) >= 11 is 0. The molecule has 4 rings (SSSR count). The second kappa shape index (κ2) is 6.72. The van der Waals surface area contributed by atoms with Crippen molar-refractivity contribution in [3.63, 3.8) is 0 Å². The highest BCUT2D eigenvalue weighted by Gasteiger charge is 2.13. The normalized spacial score (nSPS) is 10.8. The van der Waals surface area contributed by atoms with Gasteiger partial charge in [-0.05, 0) is 31.2 Å². The van der Waals surface area contributed by atoms with Gasteiger partial charge in [0.15, 0.2) is 11.5 Å². The van der Waals surface area contributed by atoms with Gasteiger partial charge in [-0.3, -0.25) is 9.89 Å². The van der Waals surface area contributed by atoms with Gasteiger partial charge in [-0.25, -0.2) is 4.68 Å². The van der Waals surface area contributed by atoms with Crippen LogP contribution in [0.1, 0.15) is 21.8 Å². The molecule has 2 N–H and O–H groups in total. The molecular weight excluding hydrogens is 330 g/mol. The number of benzene rings is 1. The summed E-state index contributed by atoms with van der Waals surface area (Å²) < 4.78 is 7.29. The Morgan fingerprint density at radius 3 is 2.85 bits per heavy atom. The Morgan fingerprint density at radius 1 is 1.23 bits per heavy atom. The second-order valence-corrected chi connectivity index (χ2v) is 5.89. The topological polar surface area (TPSA) is 88.7 Å². The zero-order valence-corrected chi connectivity index (χ0v) is 14.1. The fraction of sp³-hybridized carbons (Fsp3) is 0.105. The van der Waals surface area contributed by atoms with E-state index < -0.39 is 0 Å². The zero-order chi connectivity index (χ0) is 17.9. The van der Waals surface area contributed by atoms with Crippen molar-refractivity contribution < 1.29 is 9.21 Å². The summed E-state index contributed by atoms with van der Waals surface area (Å²) in [7, 11) is 0. The molecule has 0 unspecified atom stereocenters. The van der Waals surface area contributed by atoms with Crippen LogP contribution in [0.15, 0.2) is 65.3 Å². The molecule has 26 heavy (non-hydrogen) atoms. The number of rotatable bonds is 5. The Balaban J connectivity index is 1.40. The number of aryl methyl sites for hydroxylation is 1. The molecule has 3 heterocycles. The highest BCUT2D eigenvalue weighted by Crippen LogP contribution is 2.20. The molecule has 0 aliphatic heterocycles. The van der Waals surface area contributed by atoms with Gasteiger partial charge in [0, 0.05) is 24.4 Å². The van der Waals surface area contributed by atoms with E-state index >= 15 is 0 Å². The molecule has 0 aliphatic rings. The van der Waals surface area contributed by atoms with Gasteiger partial charge in [0.25, 0.3) is 5.91 Å². The van der Waals surface area contributed by atoms with Gasteiger partial charge in [0.2, 0.25) is 0 Å². The summed E-state index contributed by atoms with van der Waals surface area (Å²) in [6.07, 6.45) is 3.62. The number of aromatic nitrogens is 4. The van der Waals surface area contributed by atoms with Crippen molar-refractivity contribution in [3.8, 4) is 17.1 Å². The molecule has 0 saturated carbocycles. The Kier molecular flexibility index (Phi) is 4.10. The molecule has 0 atom stereocenters. The summed E-state index contributed by atoms with van der Waals surface area (Å²) in [5.41, 5.74) is 2.85. The van der Waals surface area contributed by atoms with E-state index in [1.165, 1.54) is 0 Å². The number of furan rings is 1. The molecule has 7 nitrogen and oxygen atoms in total. The van der Waals surface area contributed by atoms with Crippen LogP contribution in [0.3, 0.4) is 0 Å². The van der Waals surface area contributed by atoms with E-state index in [9.17, 15) is 4.79 Å². The average Bonchev–Trinajstić information content (AvgIpc) is 3.40. The fourth-order valence-electron chi connectivity index (χ4n) is 2.59. The summed E-state index contributed by atoms with van der Waals surface area (Å²) in [6, 6.07) is 15.2. The molecule has 1 aromatic carbocycles. The van der Waals surface area contributed by atoms with Crippen molar-refractivity contribution in [3.05, 3.63) is 77.9 Å². The second-order valence-electron chi connectivity index (χ2n) is 5.89. The van der Waals surface area contributed by atoms with E-state index in [2.05, 4.69) is 20.6 Å². The number of hydrogen-bond acceptors (Lipinski definition) is 4. The minimum absolute atomic E-state index is 0.261. The first-order chi connectivity index (χ1) is 12.7. The molecule has 0 bridgehead atoms. The third-order valence-electron chi connectivity index (χ3n) is 3.93. The van der Waals surface area contributed by atoms with Gasteiger partial charge in [-0.2, -0.15) is 10.2 Å². The lowest BCUT2D eigenvalue weighted by Crippen LogP contribution is -2.22. The summed E-state index contributed by atoms with van der Waals surface area (Å²) in [4.78, 5) is 12.3. The van der Waals surface area contributed by atoms with E-state index in [1.54, 1.807) is 16.9 Å². The van der Waals surface area contributed by atoms with Gasteiger partial charge in [0.1, 0.15) is 11.5 Å². The van der Waals surface area contributed by atoms with Crippen LogP contribution in [0.2, 0.25) is 0 Å². The van der Waals surface area contributed by atoms with E-state index in [4.69, 9.17) is 4.42 Å². The zero-order valence-electron chi connectivity index (χ0n) is 14.1. The Bertz CT molecular complexity index is 1030. The molecule has 4 aromatic rings. The highest BCUT2D eigenvalue weighted by molar-refractivity contribution is 5.93. The van der Waals surface area contributed by atoms with Crippen molar-refractivity contribution in [2.24, 2.45) is 0 Å². The molecular formula is C19H17N5O2. The number of aromatic amines is 1. The monoisotopic (exact) mass is 347 g/mol. The molecule has 0 spiro atoms. The Labute approximate surface area is 149 Å². The van der Waals surface area contributed by atoms with Crippen LogP contribution >= 0.6 is 0 Å². The number of para-hydroxylation sites is 1. The van der Waals surface area contributed by atoms with Gasteiger partial charge in [0.05, 0.1) is 11.9 Å². The maximum atomic E-state index is 12.3. The smallest absolute Gasteiger partial charge is 0.272 e. The number of amides is 1. The number of hydrogen-bond donors (Lipinski definition) is 2. The predicted molar refractivity (Wildman–Crippen MR) is 95.8 cm³/mol. The van der Waals surface area contributed by atoms with E-state index in [0.29, 0.717) is 23.7 Å². The minimum Gasteiger partial charge on any atom is -0.460 e. The predicted octanol–water partition coefficient (Wildman–Crippen LogP) is 3.09. The highest BCUT2D eigenvalue weighted by atomic mass is 16.3. The average molecular weight is 347 g/mol. The lowest BCUT2D eigenvalue weighted by molar-refractivity contribution is 0.0946. The SMILES string of the molecule is Cc1ccc(-c2cc(C(=O)NCc3cnn(-c4ccccc4)c3)n[nH]2)o1. The van der Waals surface area contributed by atoms with Gasteiger partial charge >= 0.3 is 0 Å². The molecule has 0 fully saturated rings. The Morgan fingerprint density at radius 2 is 2.08 bits per heavy atom. The van der Waals surface area contributed by atoms with Gasteiger partial charge in [-0.1, -0.05) is 18.2 Å². The van der Waals surface area contributed by atoms with Crippen molar-refractivity contribution in [1.29, 1.82) is 0 Å². The van der Waals surface area contributed by atoms with Crippen molar-refractivity contribution in [2.45, 2.75) is 13.5 Å². The van der Waals surface area contributed by atoms with Crippen molar-refractivity contribution >= 4 is 5.91 Å². The van der Waals surface area contributed by atoms with Crippen LogP contribution in [-0.2, 0) is 6.54 Å². The summed E-state index contributed by atoms with van der Waals surface area (Å²) in [6.45, 7) is 2.23. The van der Waals surface area contributed by atoms with Crippen LogP contribution in [0, 0.1) is 6.92 Å². The molecule has 0 radical (unpaired) electrons. The van der Waals surface area contributed by atoms with Gasteiger partial charge in [-0.15, -0.1) is 0 Å². The van der Waals surface area contributed by atoms with Crippen molar-refractivity contribution in [2.75, 3.05) is 0 Å². The number of nitrogens with one attached hydrogen (secondary N) is 2. The number of carbonyl (C=O) groups is 1. The summed E-state index contributed by atoms with van der Waals surface area (Å²) in [5, 5.41) is 14.0. The number of H-pyrrole nitrogens is 1. The largest absolute Gasteiger partial charge is 0.460 e. The van der Waals surface area contributed by atoms with Crippen LogP contribution in [0.4, 0.5) is 0 Å². The Hall–Kier alpha value is -3.61. The van der Waals surface area contributed by atoms with E-state index in [0.717, 1.165) is 17.0 Å². The maximum Gasteiger partial charge on any atom is 0.272 e. The first-order valence-electron chi connectivity index (χ1n) is 8.18. The molecule has 0 aliphatic carbocycles. The van der Waals surface area contributed by atoms with E-state index in [1.807, 2.05) is 55.6 Å². The third kappa shape index (κ3) is 3.27. The standard InChI is InChI=1S/C19H17N5O2/c1-13-7-8-18(26-13)16-9-17(23-22-16)19(25)20-10-14-11-21-24(12-14)15-5-3-2-4-6-15/h2-9,11-12H,10H2,1H3,(H,20,25)(H,22,23). The molecule has 7 heteroatoms. The fourth-order valence-corrected chi connectivity index (χ4v) is 2.59. The maximum absolute atomic E-state index is 12.3. The van der Waals surface area contributed by atoms with E-state index in [-0.39, 0.29) is 5.91 Å². The lowest BCUT2D eigenvalue weighted by Gasteiger charge is -2.01. The van der Waals surface area contributed by atoms with Crippen LogP contribution < -0.4 is 5.32 Å². The number of carbonyl (C=O) groups excluding carboxylic acids is 1. The van der Waals surface area contributed by atoms with Crippen molar-refractivity contribution in [1.82, 2.24) is 25.3 Å². The first kappa shape index (κ1) is 15.9. The van der Waals surface area contributed by atoms with Crippen LogP contribution in [-0.4, -0.2) is 25.9 Å². The summed E-state index contributed by atoms with van der Waals surface area (Å²) in [5.74, 6) is 1.19. The lowest BCUT2D eigenvalue weighted by atomic mass is 10.3. The third-order valence-corrected chi connectivity index (χ3v) is 3.93. The first-order valence-corrected chi connectivity index (χ1v) is 8.18. The minimum atomic E-state index is -0.261. The van der Waals surface area contributed by atoms with Crippen LogP contribution in [0.5, 0.6) is 0 Å². The molecule has 130 valence electrons. The molecule has 1 amide bonds. The van der Waals surface area contributed by atoms with Crippen LogP contribution in [0.25, 0.3) is 17.1 Å². The molecule has 3 aromatic heterocycles.